The standard InChI is InChI=1S/C17H27NO2S/c1-4-8-18-17(15-7-9-20-11-15)12-21(19)16-6-5-13(2)14(3)10-16/h5-6,10,15,17-18H,4,7-9,11-12H2,1-3H3. The van der Waals surface area contributed by atoms with Crippen molar-refractivity contribution in [3.05, 3.63) is 29.3 Å². The molecule has 0 aromatic heterocycles. The number of hydrogen-bond acceptors (Lipinski definition) is 3. The summed E-state index contributed by atoms with van der Waals surface area (Å²) in [6.07, 6.45) is 2.17. The summed E-state index contributed by atoms with van der Waals surface area (Å²) in [4.78, 5) is 0.945. The summed E-state index contributed by atoms with van der Waals surface area (Å²) in [5.74, 6) is 1.17. The van der Waals surface area contributed by atoms with Crippen molar-refractivity contribution in [3.63, 3.8) is 0 Å². The van der Waals surface area contributed by atoms with Crippen LogP contribution in [0.25, 0.3) is 0 Å². The van der Waals surface area contributed by atoms with Crippen molar-refractivity contribution in [3.8, 4) is 0 Å². The number of rotatable bonds is 7. The van der Waals surface area contributed by atoms with E-state index in [1.165, 1.54) is 11.1 Å². The fourth-order valence-corrected chi connectivity index (χ4v) is 4.11. The number of nitrogens with one attached hydrogen (secondary N) is 1. The average molecular weight is 309 g/mol. The molecule has 0 amide bonds. The van der Waals surface area contributed by atoms with Gasteiger partial charge in [0.15, 0.2) is 0 Å². The minimum atomic E-state index is -0.950. The van der Waals surface area contributed by atoms with E-state index in [1.807, 2.05) is 6.07 Å². The van der Waals surface area contributed by atoms with Crippen LogP contribution in [0, 0.1) is 19.8 Å². The highest BCUT2D eigenvalue weighted by Crippen LogP contribution is 2.20. The topological polar surface area (TPSA) is 38.3 Å². The Kier molecular flexibility index (Phi) is 6.40. The first-order valence-corrected chi connectivity index (χ1v) is 9.20. The Bertz CT molecular complexity index is 484. The molecule has 1 saturated heterocycles. The van der Waals surface area contributed by atoms with E-state index in [4.69, 9.17) is 4.74 Å². The van der Waals surface area contributed by atoms with Gasteiger partial charge in [0.05, 0.1) is 17.4 Å². The molecule has 1 N–H and O–H groups in total. The molecule has 21 heavy (non-hydrogen) atoms. The Morgan fingerprint density at radius 2 is 2.19 bits per heavy atom. The van der Waals surface area contributed by atoms with Gasteiger partial charge in [0, 0.05) is 29.2 Å². The second-order valence-corrected chi connectivity index (χ2v) is 7.44. The molecule has 0 radical (unpaired) electrons. The van der Waals surface area contributed by atoms with E-state index in [1.54, 1.807) is 0 Å². The lowest BCUT2D eigenvalue weighted by Crippen LogP contribution is -2.41. The van der Waals surface area contributed by atoms with E-state index in [9.17, 15) is 4.21 Å². The molecule has 1 aliphatic heterocycles. The van der Waals surface area contributed by atoms with Gasteiger partial charge in [-0.2, -0.15) is 0 Å². The third-order valence-corrected chi connectivity index (χ3v) is 5.70. The fourth-order valence-electron chi connectivity index (χ4n) is 2.68. The molecule has 3 nitrogen and oxygen atoms in total. The maximum absolute atomic E-state index is 12.7. The van der Waals surface area contributed by atoms with Crippen LogP contribution >= 0.6 is 0 Å². The van der Waals surface area contributed by atoms with Crippen LogP contribution in [0.4, 0.5) is 0 Å². The van der Waals surface area contributed by atoms with Crippen LogP contribution in [0.3, 0.4) is 0 Å². The molecule has 1 heterocycles. The van der Waals surface area contributed by atoms with Gasteiger partial charge in [-0.3, -0.25) is 4.21 Å². The maximum atomic E-state index is 12.7. The number of ether oxygens (including phenoxy) is 1. The minimum Gasteiger partial charge on any atom is -0.381 e. The first-order valence-electron chi connectivity index (χ1n) is 7.88. The molecule has 3 atom stereocenters. The molecule has 0 aliphatic carbocycles. The van der Waals surface area contributed by atoms with Crippen LogP contribution in [0.2, 0.25) is 0 Å². The Balaban J connectivity index is 2.03. The van der Waals surface area contributed by atoms with Crippen LogP contribution in [-0.4, -0.2) is 35.8 Å². The molecule has 0 saturated carbocycles. The summed E-state index contributed by atoms with van der Waals surface area (Å²) in [6.45, 7) is 8.94. The van der Waals surface area contributed by atoms with Crippen LogP contribution < -0.4 is 5.32 Å². The largest absolute Gasteiger partial charge is 0.381 e. The van der Waals surface area contributed by atoms with Crippen LogP contribution in [0.15, 0.2) is 23.1 Å². The molecule has 1 aromatic carbocycles. The van der Waals surface area contributed by atoms with Crippen molar-refractivity contribution >= 4 is 10.8 Å². The van der Waals surface area contributed by atoms with E-state index < -0.39 is 10.8 Å². The predicted octanol–water partition coefficient (Wildman–Crippen LogP) is 2.82. The lowest BCUT2D eigenvalue weighted by atomic mass is 10.0. The Hall–Kier alpha value is -0.710. The van der Waals surface area contributed by atoms with Gasteiger partial charge in [-0.05, 0) is 56.5 Å². The van der Waals surface area contributed by atoms with Crippen molar-refractivity contribution < 1.29 is 8.95 Å². The summed E-state index contributed by atoms with van der Waals surface area (Å²) in [7, 11) is -0.950. The van der Waals surface area contributed by atoms with E-state index in [-0.39, 0.29) is 6.04 Å². The number of benzene rings is 1. The van der Waals surface area contributed by atoms with Crippen molar-refractivity contribution in [2.75, 3.05) is 25.5 Å². The molecule has 4 heteroatoms. The van der Waals surface area contributed by atoms with Gasteiger partial charge in [0.1, 0.15) is 0 Å². The Labute approximate surface area is 130 Å². The second kappa shape index (κ2) is 8.06. The van der Waals surface area contributed by atoms with Crippen molar-refractivity contribution in [1.82, 2.24) is 5.32 Å². The zero-order chi connectivity index (χ0) is 15.2. The van der Waals surface area contributed by atoms with Gasteiger partial charge < -0.3 is 10.1 Å². The highest BCUT2D eigenvalue weighted by atomic mass is 32.2. The SMILES string of the molecule is CCCNC(CS(=O)c1ccc(C)c(C)c1)C1CCOC1. The van der Waals surface area contributed by atoms with E-state index >= 15 is 0 Å². The third-order valence-electron chi connectivity index (χ3n) is 4.26. The molecule has 1 aliphatic rings. The zero-order valence-electron chi connectivity index (χ0n) is 13.4. The molecule has 0 bridgehead atoms. The molecule has 0 spiro atoms. The van der Waals surface area contributed by atoms with E-state index in [0.29, 0.717) is 11.7 Å². The molecular formula is C17H27NO2S. The Morgan fingerprint density at radius 1 is 1.38 bits per heavy atom. The molecular weight excluding hydrogens is 282 g/mol. The van der Waals surface area contributed by atoms with Gasteiger partial charge in [-0.15, -0.1) is 0 Å². The molecule has 118 valence electrons. The summed E-state index contributed by atoms with van der Waals surface area (Å²) < 4.78 is 18.2. The summed E-state index contributed by atoms with van der Waals surface area (Å²) in [6, 6.07) is 6.42. The zero-order valence-corrected chi connectivity index (χ0v) is 14.2. The predicted molar refractivity (Wildman–Crippen MR) is 88.2 cm³/mol. The fraction of sp³-hybridized carbons (Fsp3) is 0.647. The first-order chi connectivity index (χ1) is 10.1. The van der Waals surface area contributed by atoms with E-state index in [2.05, 4.69) is 38.2 Å². The normalized spacial score (nSPS) is 21.4. The van der Waals surface area contributed by atoms with Gasteiger partial charge in [-0.1, -0.05) is 13.0 Å². The van der Waals surface area contributed by atoms with Gasteiger partial charge in [-0.25, -0.2) is 0 Å². The lowest BCUT2D eigenvalue weighted by Gasteiger charge is -2.23. The molecule has 1 fully saturated rings. The van der Waals surface area contributed by atoms with Crippen LogP contribution in [0.1, 0.15) is 30.9 Å². The number of hydrogen-bond donors (Lipinski definition) is 1. The third kappa shape index (κ3) is 4.63. The maximum Gasteiger partial charge on any atom is 0.0545 e. The van der Waals surface area contributed by atoms with Gasteiger partial charge >= 0.3 is 0 Å². The van der Waals surface area contributed by atoms with E-state index in [0.717, 1.165) is 37.5 Å². The summed E-state index contributed by atoms with van der Waals surface area (Å²) >= 11 is 0. The van der Waals surface area contributed by atoms with Crippen molar-refractivity contribution in [2.45, 2.75) is 44.6 Å². The molecule has 2 rings (SSSR count). The second-order valence-electron chi connectivity index (χ2n) is 5.94. The average Bonchev–Trinajstić information content (AvgIpc) is 3.00. The highest BCUT2D eigenvalue weighted by Gasteiger charge is 2.27. The smallest absolute Gasteiger partial charge is 0.0545 e. The Morgan fingerprint density at radius 3 is 2.81 bits per heavy atom. The number of aryl methyl sites for hydroxylation is 2. The quantitative estimate of drug-likeness (QED) is 0.842. The summed E-state index contributed by atoms with van der Waals surface area (Å²) in [5.41, 5.74) is 2.46. The van der Waals surface area contributed by atoms with Crippen LogP contribution in [0.5, 0.6) is 0 Å². The first kappa shape index (κ1) is 16.7. The molecule has 3 unspecified atom stereocenters. The van der Waals surface area contributed by atoms with Gasteiger partial charge in [0.25, 0.3) is 0 Å². The van der Waals surface area contributed by atoms with Crippen molar-refractivity contribution in [2.24, 2.45) is 5.92 Å². The lowest BCUT2D eigenvalue weighted by molar-refractivity contribution is 0.179. The summed E-state index contributed by atoms with van der Waals surface area (Å²) in [5, 5.41) is 3.56. The highest BCUT2D eigenvalue weighted by molar-refractivity contribution is 7.85. The molecule has 1 aromatic rings. The minimum absolute atomic E-state index is 0.287. The van der Waals surface area contributed by atoms with Crippen molar-refractivity contribution in [1.29, 1.82) is 0 Å². The monoisotopic (exact) mass is 309 g/mol. The van der Waals surface area contributed by atoms with Gasteiger partial charge in [0.2, 0.25) is 0 Å². The van der Waals surface area contributed by atoms with Crippen LogP contribution in [-0.2, 0) is 15.5 Å².